The number of ether oxygens (including phenoxy) is 1. The molecule has 0 aliphatic rings. The van der Waals surface area contributed by atoms with E-state index in [2.05, 4.69) is 10.9 Å². The maximum Gasteiger partial charge on any atom is 0.279 e. The van der Waals surface area contributed by atoms with E-state index >= 15 is 0 Å². The molecule has 142 valence electrons. The molecule has 2 aromatic carbocycles. The number of hydrogen-bond acceptors (Lipinski definition) is 5. The molecule has 0 spiro atoms. The SMILES string of the molecule is CC(=O)c1ccc(C(=O)NNC(=O)COc2ccccc2-c2ccccc2)s1. The van der Waals surface area contributed by atoms with Crippen molar-refractivity contribution in [1.82, 2.24) is 10.9 Å². The summed E-state index contributed by atoms with van der Waals surface area (Å²) in [5, 5.41) is 0. The molecule has 0 aliphatic carbocycles. The lowest BCUT2D eigenvalue weighted by molar-refractivity contribution is -0.123. The van der Waals surface area contributed by atoms with Crippen molar-refractivity contribution < 1.29 is 19.1 Å². The van der Waals surface area contributed by atoms with Crippen molar-refractivity contribution in [2.75, 3.05) is 6.61 Å². The normalized spacial score (nSPS) is 10.2. The lowest BCUT2D eigenvalue weighted by atomic mass is 10.1. The Kier molecular flexibility index (Phi) is 6.18. The van der Waals surface area contributed by atoms with Gasteiger partial charge in [0, 0.05) is 5.56 Å². The maximum absolute atomic E-state index is 12.0. The van der Waals surface area contributed by atoms with Crippen molar-refractivity contribution in [1.29, 1.82) is 0 Å². The molecular formula is C21H18N2O4S. The number of benzene rings is 2. The first-order chi connectivity index (χ1) is 13.5. The first-order valence-electron chi connectivity index (χ1n) is 8.52. The van der Waals surface area contributed by atoms with Crippen molar-refractivity contribution in [2.24, 2.45) is 0 Å². The number of hydrazine groups is 1. The summed E-state index contributed by atoms with van der Waals surface area (Å²) in [5.74, 6) is -0.534. The molecule has 1 heterocycles. The number of Topliss-reactive ketones (excluding diaryl/α,β-unsaturated/α-hetero) is 1. The third kappa shape index (κ3) is 4.83. The van der Waals surface area contributed by atoms with Crippen LogP contribution in [0.5, 0.6) is 5.75 Å². The first kappa shape index (κ1) is 19.3. The van der Waals surface area contributed by atoms with Gasteiger partial charge in [-0.3, -0.25) is 25.2 Å². The molecule has 0 fully saturated rings. The molecule has 28 heavy (non-hydrogen) atoms. The Morgan fingerprint density at radius 2 is 1.54 bits per heavy atom. The average Bonchev–Trinajstić information content (AvgIpc) is 3.22. The van der Waals surface area contributed by atoms with Gasteiger partial charge >= 0.3 is 0 Å². The zero-order valence-electron chi connectivity index (χ0n) is 15.1. The number of hydrogen-bond donors (Lipinski definition) is 2. The highest BCUT2D eigenvalue weighted by Crippen LogP contribution is 2.29. The molecule has 0 bridgehead atoms. The topological polar surface area (TPSA) is 84.5 Å². The summed E-state index contributed by atoms with van der Waals surface area (Å²) in [6, 6.07) is 20.2. The summed E-state index contributed by atoms with van der Waals surface area (Å²) in [5.41, 5.74) is 6.47. The number of para-hydroxylation sites is 1. The Labute approximate surface area is 166 Å². The number of amides is 2. The molecular weight excluding hydrogens is 376 g/mol. The minimum absolute atomic E-state index is 0.112. The quantitative estimate of drug-likeness (QED) is 0.495. The molecule has 0 unspecified atom stereocenters. The highest BCUT2D eigenvalue weighted by Gasteiger charge is 2.13. The molecule has 0 atom stereocenters. The van der Waals surface area contributed by atoms with Crippen LogP contribution >= 0.6 is 11.3 Å². The van der Waals surface area contributed by atoms with Gasteiger partial charge in [0.25, 0.3) is 11.8 Å². The first-order valence-corrected chi connectivity index (χ1v) is 9.33. The number of thiophene rings is 1. The molecule has 2 N–H and O–H groups in total. The van der Waals surface area contributed by atoms with Gasteiger partial charge in [0.15, 0.2) is 12.4 Å². The van der Waals surface area contributed by atoms with E-state index in [-0.39, 0.29) is 12.4 Å². The van der Waals surface area contributed by atoms with Crippen LogP contribution in [0, 0.1) is 0 Å². The Morgan fingerprint density at radius 1 is 0.857 bits per heavy atom. The van der Waals surface area contributed by atoms with Gasteiger partial charge in [-0.15, -0.1) is 11.3 Å². The predicted molar refractivity (Wildman–Crippen MR) is 107 cm³/mol. The number of rotatable bonds is 6. The Balaban J connectivity index is 1.55. The van der Waals surface area contributed by atoms with E-state index in [1.165, 1.54) is 13.0 Å². The Morgan fingerprint density at radius 3 is 2.25 bits per heavy atom. The van der Waals surface area contributed by atoms with Crippen LogP contribution < -0.4 is 15.6 Å². The summed E-state index contributed by atoms with van der Waals surface area (Å²) >= 11 is 1.07. The fourth-order valence-electron chi connectivity index (χ4n) is 2.47. The van der Waals surface area contributed by atoms with Crippen LogP contribution in [-0.2, 0) is 4.79 Å². The third-order valence-electron chi connectivity index (χ3n) is 3.82. The van der Waals surface area contributed by atoms with Gasteiger partial charge in [0.2, 0.25) is 0 Å². The van der Waals surface area contributed by atoms with Crippen LogP contribution in [0.15, 0.2) is 66.7 Å². The number of carbonyl (C=O) groups is 3. The van der Waals surface area contributed by atoms with Gasteiger partial charge in [-0.05, 0) is 30.7 Å². The molecule has 3 aromatic rings. The molecule has 2 amide bonds. The van der Waals surface area contributed by atoms with Gasteiger partial charge < -0.3 is 4.74 Å². The van der Waals surface area contributed by atoms with Crippen LogP contribution in [0.3, 0.4) is 0 Å². The van der Waals surface area contributed by atoms with Crippen LogP contribution in [0.4, 0.5) is 0 Å². The Bertz CT molecular complexity index is 998. The van der Waals surface area contributed by atoms with Crippen LogP contribution in [0.1, 0.15) is 26.3 Å². The summed E-state index contributed by atoms with van der Waals surface area (Å²) in [4.78, 5) is 36.2. The summed E-state index contributed by atoms with van der Waals surface area (Å²) < 4.78 is 5.62. The lowest BCUT2D eigenvalue weighted by Gasteiger charge is -2.12. The third-order valence-corrected chi connectivity index (χ3v) is 5.01. The monoisotopic (exact) mass is 394 g/mol. The standard InChI is InChI=1S/C21H18N2O4S/c1-14(24)18-11-12-19(28-18)21(26)23-22-20(25)13-27-17-10-6-5-9-16(17)15-7-3-2-4-8-15/h2-12H,13H2,1H3,(H,22,25)(H,23,26). The second kappa shape index (κ2) is 8.96. The van der Waals surface area contributed by atoms with Gasteiger partial charge in [-0.1, -0.05) is 48.5 Å². The van der Waals surface area contributed by atoms with Gasteiger partial charge in [0.05, 0.1) is 9.75 Å². The largest absolute Gasteiger partial charge is 0.483 e. The van der Waals surface area contributed by atoms with Crippen molar-refractivity contribution in [3.8, 4) is 16.9 Å². The number of nitrogens with one attached hydrogen (secondary N) is 2. The van der Waals surface area contributed by atoms with E-state index in [0.717, 1.165) is 22.5 Å². The maximum atomic E-state index is 12.0. The zero-order valence-corrected chi connectivity index (χ0v) is 15.9. The highest BCUT2D eigenvalue weighted by atomic mass is 32.1. The molecule has 7 heteroatoms. The minimum Gasteiger partial charge on any atom is -0.483 e. The van der Waals surface area contributed by atoms with E-state index in [4.69, 9.17) is 4.74 Å². The molecule has 1 aromatic heterocycles. The van der Waals surface area contributed by atoms with Crippen molar-refractivity contribution in [3.63, 3.8) is 0 Å². The summed E-state index contributed by atoms with van der Waals surface area (Å²) in [6.45, 7) is 1.17. The van der Waals surface area contributed by atoms with Crippen molar-refractivity contribution in [3.05, 3.63) is 76.5 Å². The highest BCUT2D eigenvalue weighted by molar-refractivity contribution is 7.15. The predicted octanol–water partition coefficient (Wildman–Crippen LogP) is 3.46. The Hall–Kier alpha value is -3.45. The van der Waals surface area contributed by atoms with E-state index in [1.807, 2.05) is 48.5 Å². The van der Waals surface area contributed by atoms with E-state index in [1.54, 1.807) is 12.1 Å². The molecule has 3 rings (SSSR count). The molecule has 0 aliphatic heterocycles. The fraction of sp³-hybridized carbons (Fsp3) is 0.0952. The number of carbonyl (C=O) groups excluding carboxylic acids is 3. The molecule has 0 saturated heterocycles. The lowest BCUT2D eigenvalue weighted by Crippen LogP contribution is -2.43. The van der Waals surface area contributed by atoms with Crippen molar-refractivity contribution in [2.45, 2.75) is 6.92 Å². The summed E-state index contributed by atoms with van der Waals surface area (Å²) in [7, 11) is 0. The van der Waals surface area contributed by atoms with Crippen molar-refractivity contribution >= 4 is 28.9 Å². The zero-order chi connectivity index (χ0) is 19.9. The van der Waals surface area contributed by atoms with Crippen LogP contribution in [0.2, 0.25) is 0 Å². The van der Waals surface area contributed by atoms with Crippen LogP contribution in [0.25, 0.3) is 11.1 Å². The van der Waals surface area contributed by atoms with E-state index in [0.29, 0.717) is 15.5 Å². The second-order valence-corrected chi connectivity index (χ2v) is 6.96. The molecule has 0 radical (unpaired) electrons. The summed E-state index contributed by atoms with van der Waals surface area (Å²) in [6.07, 6.45) is 0. The molecule has 0 saturated carbocycles. The average molecular weight is 394 g/mol. The van der Waals surface area contributed by atoms with Gasteiger partial charge in [0.1, 0.15) is 5.75 Å². The van der Waals surface area contributed by atoms with E-state index in [9.17, 15) is 14.4 Å². The number of ketones is 1. The second-order valence-electron chi connectivity index (χ2n) is 5.87. The van der Waals surface area contributed by atoms with Gasteiger partial charge in [-0.2, -0.15) is 0 Å². The smallest absolute Gasteiger partial charge is 0.279 e. The molecule has 6 nitrogen and oxygen atoms in total. The minimum atomic E-state index is -0.500. The van der Waals surface area contributed by atoms with Crippen LogP contribution in [-0.4, -0.2) is 24.2 Å². The van der Waals surface area contributed by atoms with E-state index < -0.39 is 11.8 Å². The van der Waals surface area contributed by atoms with Gasteiger partial charge in [-0.25, -0.2) is 0 Å². The fourth-order valence-corrected chi connectivity index (χ4v) is 3.26.